The van der Waals surface area contributed by atoms with Crippen LogP contribution in [-0.2, 0) is 20.4 Å². The van der Waals surface area contributed by atoms with Crippen LogP contribution in [0.2, 0.25) is 5.04 Å². The summed E-state index contributed by atoms with van der Waals surface area (Å²) in [5.41, 5.74) is 0.955. The fourth-order valence-electron chi connectivity index (χ4n) is 6.25. The van der Waals surface area contributed by atoms with Gasteiger partial charge in [0.1, 0.15) is 6.61 Å². The van der Waals surface area contributed by atoms with Gasteiger partial charge in [-0.2, -0.15) is 0 Å². The van der Waals surface area contributed by atoms with Crippen molar-refractivity contribution in [3.63, 3.8) is 0 Å². The minimum atomic E-state index is -2.63. The molecule has 0 saturated carbocycles. The van der Waals surface area contributed by atoms with Gasteiger partial charge in [0.15, 0.2) is 6.10 Å². The Morgan fingerprint density at radius 3 is 1.95 bits per heavy atom. The standard InChI is InChI=1S/C36H47NO6Si/c1-27(43-44(36(2,3)4,30-20-12-7-13-21-30)31-22-14-8-15-23-31)17-9-5-16-24-32(38)33(39)34(40)37-29(26-42-35(37)41)25-28-18-10-6-11-19-28/h6-8,10-15,18-23,27,29,32-33,38-39H,5,9,16-17,24-26H2,1-4H3/t27-,29+,32-,33+/m0/s1. The molecule has 3 aromatic rings. The van der Waals surface area contributed by atoms with E-state index in [0.29, 0.717) is 12.8 Å². The summed E-state index contributed by atoms with van der Waals surface area (Å²) in [5.74, 6) is -0.812. The van der Waals surface area contributed by atoms with Crippen LogP contribution in [0.3, 0.4) is 0 Å². The molecular formula is C36H47NO6Si. The first-order chi connectivity index (χ1) is 21.0. The summed E-state index contributed by atoms with van der Waals surface area (Å²) < 4.78 is 12.3. The Morgan fingerprint density at radius 1 is 0.886 bits per heavy atom. The molecule has 8 heteroatoms. The van der Waals surface area contributed by atoms with Crippen LogP contribution in [0.15, 0.2) is 91.0 Å². The van der Waals surface area contributed by atoms with E-state index in [9.17, 15) is 19.8 Å². The summed E-state index contributed by atoms with van der Waals surface area (Å²) in [6, 6.07) is 30.2. The zero-order valence-electron chi connectivity index (χ0n) is 26.4. The molecule has 7 nitrogen and oxygen atoms in total. The van der Waals surface area contributed by atoms with Gasteiger partial charge in [-0.05, 0) is 47.2 Å². The van der Waals surface area contributed by atoms with Crippen LogP contribution in [0.25, 0.3) is 0 Å². The predicted octanol–water partition coefficient (Wildman–Crippen LogP) is 5.21. The lowest BCUT2D eigenvalue weighted by molar-refractivity contribution is -0.144. The number of cyclic esters (lactones) is 1. The van der Waals surface area contributed by atoms with Crippen LogP contribution in [0.1, 0.15) is 65.4 Å². The molecular weight excluding hydrogens is 570 g/mol. The Hall–Kier alpha value is -3.30. The highest BCUT2D eigenvalue weighted by atomic mass is 28.4. The minimum absolute atomic E-state index is 0.0149. The third-order valence-corrected chi connectivity index (χ3v) is 13.7. The molecule has 0 radical (unpaired) electrons. The molecule has 0 unspecified atom stereocenters. The van der Waals surface area contributed by atoms with Crippen molar-refractivity contribution in [1.29, 1.82) is 0 Å². The number of aliphatic hydroxyl groups excluding tert-OH is 2. The number of hydrogen-bond acceptors (Lipinski definition) is 6. The number of unbranched alkanes of at least 4 members (excludes halogenated alkanes) is 2. The van der Waals surface area contributed by atoms with Crippen LogP contribution in [0, 0.1) is 0 Å². The number of benzene rings is 3. The molecule has 236 valence electrons. The van der Waals surface area contributed by atoms with Crippen molar-refractivity contribution in [2.24, 2.45) is 0 Å². The zero-order chi connectivity index (χ0) is 31.7. The molecule has 0 bridgehead atoms. The van der Waals surface area contributed by atoms with Gasteiger partial charge >= 0.3 is 6.09 Å². The van der Waals surface area contributed by atoms with Gasteiger partial charge < -0.3 is 19.4 Å². The molecule has 0 aromatic heterocycles. The normalized spacial score (nSPS) is 17.6. The van der Waals surface area contributed by atoms with Crippen molar-refractivity contribution in [3.05, 3.63) is 96.6 Å². The Kier molecular flexibility index (Phi) is 11.5. The summed E-state index contributed by atoms with van der Waals surface area (Å²) in [6.07, 6.45) is 0.146. The minimum Gasteiger partial charge on any atom is -0.447 e. The second-order valence-corrected chi connectivity index (χ2v) is 17.1. The van der Waals surface area contributed by atoms with Crippen LogP contribution in [0.5, 0.6) is 0 Å². The van der Waals surface area contributed by atoms with Gasteiger partial charge in [0.25, 0.3) is 14.2 Å². The van der Waals surface area contributed by atoms with E-state index in [2.05, 4.69) is 76.2 Å². The maximum absolute atomic E-state index is 13.0. The Labute approximate surface area is 263 Å². The average molecular weight is 618 g/mol. The number of ether oxygens (including phenoxy) is 1. The van der Waals surface area contributed by atoms with Gasteiger partial charge in [0.2, 0.25) is 0 Å². The summed E-state index contributed by atoms with van der Waals surface area (Å²) in [5, 5.41) is 23.7. The highest BCUT2D eigenvalue weighted by Gasteiger charge is 2.51. The molecule has 1 heterocycles. The smallest absolute Gasteiger partial charge is 0.417 e. The molecule has 2 amide bonds. The number of amides is 2. The molecule has 1 fully saturated rings. The van der Waals surface area contributed by atoms with E-state index < -0.39 is 38.6 Å². The van der Waals surface area contributed by atoms with Crippen molar-refractivity contribution in [3.8, 4) is 0 Å². The van der Waals surface area contributed by atoms with E-state index in [1.807, 2.05) is 42.5 Å². The summed E-state index contributed by atoms with van der Waals surface area (Å²) in [4.78, 5) is 26.3. The van der Waals surface area contributed by atoms with Crippen molar-refractivity contribution in [1.82, 2.24) is 4.90 Å². The van der Waals surface area contributed by atoms with Crippen LogP contribution < -0.4 is 10.4 Å². The monoisotopic (exact) mass is 617 g/mol. The molecule has 1 aliphatic rings. The molecule has 4 rings (SSSR count). The number of hydrogen-bond donors (Lipinski definition) is 2. The number of aliphatic hydroxyl groups is 2. The van der Waals surface area contributed by atoms with Gasteiger partial charge in [0, 0.05) is 6.10 Å². The molecule has 2 N–H and O–H groups in total. The maximum Gasteiger partial charge on any atom is 0.417 e. The topological polar surface area (TPSA) is 96.3 Å². The molecule has 0 spiro atoms. The third-order valence-electron chi connectivity index (χ3n) is 8.54. The van der Waals surface area contributed by atoms with Crippen LogP contribution in [0.4, 0.5) is 4.79 Å². The van der Waals surface area contributed by atoms with E-state index in [1.54, 1.807) is 0 Å². The Morgan fingerprint density at radius 2 is 1.41 bits per heavy atom. The first-order valence-electron chi connectivity index (χ1n) is 15.7. The SMILES string of the molecule is C[C@@H](CCCCC[C@H](O)[C@@H](O)C(=O)N1C(=O)OC[C@H]1Cc1ccccc1)O[Si](c1ccccc1)(c1ccccc1)C(C)(C)C. The van der Waals surface area contributed by atoms with E-state index in [4.69, 9.17) is 9.16 Å². The van der Waals surface area contributed by atoms with E-state index in [-0.39, 0.29) is 24.2 Å². The second-order valence-electron chi connectivity index (χ2n) is 12.9. The van der Waals surface area contributed by atoms with Crippen molar-refractivity contribution >= 4 is 30.7 Å². The zero-order valence-corrected chi connectivity index (χ0v) is 27.4. The number of nitrogens with zero attached hydrogens (tertiary/aromatic N) is 1. The lowest BCUT2D eigenvalue weighted by Crippen LogP contribution is -2.67. The fourth-order valence-corrected chi connectivity index (χ4v) is 11.0. The number of carbonyl (C=O) groups is 2. The number of imide groups is 1. The first kappa shape index (κ1) is 33.6. The quantitative estimate of drug-likeness (QED) is 0.190. The lowest BCUT2D eigenvalue weighted by Gasteiger charge is -2.44. The molecule has 3 aromatic carbocycles. The molecule has 1 aliphatic heterocycles. The highest BCUT2D eigenvalue weighted by molar-refractivity contribution is 6.99. The van der Waals surface area contributed by atoms with E-state index in [0.717, 1.165) is 29.7 Å². The average Bonchev–Trinajstić information content (AvgIpc) is 3.38. The van der Waals surface area contributed by atoms with Gasteiger partial charge in [-0.3, -0.25) is 4.79 Å². The largest absolute Gasteiger partial charge is 0.447 e. The van der Waals surface area contributed by atoms with Crippen molar-refractivity contribution in [2.45, 2.75) is 95.6 Å². The van der Waals surface area contributed by atoms with Gasteiger partial charge in [-0.1, -0.05) is 131 Å². The predicted molar refractivity (Wildman–Crippen MR) is 175 cm³/mol. The van der Waals surface area contributed by atoms with Crippen molar-refractivity contribution in [2.75, 3.05) is 6.61 Å². The Balaban J connectivity index is 1.30. The first-order valence-corrected chi connectivity index (χ1v) is 17.6. The molecule has 4 atom stereocenters. The van der Waals surface area contributed by atoms with Gasteiger partial charge in [-0.15, -0.1) is 0 Å². The molecule has 1 saturated heterocycles. The van der Waals surface area contributed by atoms with Gasteiger partial charge in [0.05, 0.1) is 12.1 Å². The summed E-state index contributed by atoms with van der Waals surface area (Å²) in [6.45, 7) is 9.01. The second kappa shape index (κ2) is 15.1. The molecule has 44 heavy (non-hydrogen) atoms. The fraction of sp³-hybridized carbons (Fsp3) is 0.444. The van der Waals surface area contributed by atoms with E-state index in [1.165, 1.54) is 10.4 Å². The van der Waals surface area contributed by atoms with Crippen molar-refractivity contribution < 1.29 is 29.0 Å². The number of carbonyl (C=O) groups excluding carboxylic acids is 2. The molecule has 0 aliphatic carbocycles. The maximum atomic E-state index is 13.0. The summed E-state index contributed by atoms with van der Waals surface area (Å²) >= 11 is 0. The third kappa shape index (κ3) is 7.85. The van der Waals surface area contributed by atoms with Crippen LogP contribution in [-0.4, -0.2) is 66.4 Å². The van der Waals surface area contributed by atoms with E-state index >= 15 is 0 Å². The highest BCUT2D eigenvalue weighted by Crippen LogP contribution is 2.38. The summed E-state index contributed by atoms with van der Waals surface area (Å²) in [7, 11) is -2.63. The lowest BCUT2D eigenvalue weighted by atomic mass is 10.0. The Bertz CT molecular complexity index is 1290. The van der Waals surface area contributed by atoms with Gasteiger partial charge in [-0.25, -0.2) is 9.69 Å². The number of rotatable bonds is 14. The van der Waals surface area contributed by atoms with Crippen LogP contribution >= 0.6 is 0 Å².